The largest absolute Gasteiger partial charge is 0.308 e. The molecule has 1 unspecified atom stereocenters. The van der Waals surface area contributed by atoms with Gasteiger partial charge in [-0.1, -0.05) is 36.4 Å². The van der Waals surface area contributed by atoms with Gasteiger partial charge in [-0.2, -0.15) is 0 Å². The molecule has 3 heteroatoms. The maximum absolute atomic E-state index is 13.4. The number of fused-ring (bicyclic) bond motifs is 1. The number of hydrogen-bond acceptors (Lipinski definition) is 2. The molecule has 3 rings (SSSR count). The Bertz CT molecular complexity index is 740. The van der Waals surface area contributed by atoms with Crippen molar-refractivity contribution in [3.63, 3.8) is 0 Å². The van der Waals surface area contributed by atoms with Crippen molar-refractivity contribution in [1.29, 1.82) is 0 Å². The van der Waals surface area contributed by atoms with Crippen LogP contribution in [0.25, 0.3) is 10.9 Å². The van der Waals surface area contributed by atoms with Crippen LogP contribution in [0.15, 0.2) is 60.7 Å². The maximum atomic E-state index is 13.4. The third-order valence-corrected chi connectivity index (χ3v) is 3.39. The van der Waals surface area contributed by atoms with Gasteiger partial charge in [0.05, 0.1) is 17.3 Å². The molecule has 0 radical (unpaired) electrons. The van der Waals surface area contributed by atoms with Crippen LogP contribution in [-0.4, -0.2) is 12.0 Å². The van der Waals surface area contributed by atoms with Crippen LogP contribution in [0, 0.1) is 5.82 Å². The molecule has 0 aliphatic carbocycles. The summed E-state index contributed by atoms with van der Waals surface area (Å²) in [5.41, 5.74) is 2.70. The summed E-state index contributed by atoms with van der Waals surface area (Å²) in [6.45, 7) is 0. The normalized spacial score (nSPS) is 12.5. The molecule has 3 aromatic rings. The first-order valence-corrected chi connectivity index (χ1v) is 6.56. The maximum Gasteiger partial charge on any atom is 0.123 e. The summed E-state index contributed by atoms with van der Waals surface area (Å²) in [7, 11) is 1.85. The van der Waals surface area contributed by atoms with Crippen molar-refractivity contribution < 1.29 is 4.39 Å². The van der Waals surface area contributed by atoms with Crippen LogP contribution in [0.5, 0.6) is 0 Å². The van der Waals surface area contributed by atoms with Gasteiger partial charge in [-0.3, -0.25) is 4.98 Å². The number of pyridine rings is 1. The molecule has 1 atom stereocenters. The van der Waals surface area contributed by atoms with E-state index in [9.17, 15) is 4.39 Å². The molecule has 0 bridgehead atoms. The molecule has 0 aliphatic heterocycles. The van der Waals surface area contributed by atoms with E-state index in [2.05, 4.69) is 10.3 Å². The molecule has 0 saturated heterocycles. The fourth-order valence-electron chi connectivity index (χ4n) is 2.41. The number of benzene rings is 2. The van der Waals surface area contributed by atoms with E-state index in [0.29, 0.717) is 0 Å². The minimum Gasteiger partial charge on any atom is -0.308 e. The van der Waals surface area contributed by atoms with Crippen molar-refractivity contribution >= 4 is 10.9 Å². The predicted molar refractivity (Wildman–Crippen MR) is 79.0 cm³/mol. The van der Waals surface area contributed by atoms with Gasteiger partial charge in [-0.15, -0.1) is 0 Å². The number of para-hydroxylation sites is 1. The monoisotopic (exact) mass is 266 g/mol. The summed E-state index contributed by atoms with van der Waals surface area (Å²) in [4.78, 5) is 4.67. The summed E-state index contributed by atoms with van der Waals surface area (Å²) < 4.78 is 13.4. The molecule has 20 heavy (non-hydrogen) atoms. The predicted octanol–water partition coefficient (Wildman–Crippen LogP) is 3.68. The van der Waals surface area contributed by atoms with Crippen LogP contribution in [-0.2, 0) is 0 Å². The lowest BCUT2D eigenvalue weighted by Crippen LogP contribution is -2.19. The lowest BCUT2D eigenvalue weighted by Gasteiger charge is -2.16. The smallest absolute Gasteiger partial charge is 0.123 e. The van der Waals surface area contributed by atoms with Gasteiger partial charge in [0, 0.05) is 5.39 Å². The first-order chi connectivity index (χ1) is 9.78. The van der Waals surface area contributed by atoms with Crippen molar-refractivity contribution in [2.75, 3.05) is 7.05 Å². The number of halogens is 1. The molecular formula is C17H15FN2. The Balaban J connectivity index is 2.07. The third-order valence-electron chi connectivity index (χ3n) is 3.39. The van der Waals surface area contributed by atoms with Crippen LogP contribution in [0.2, 0.25) is 0 Å². The van der Waals surface area contributed by atoms with Gasteiger partial charge in [0.15, 0.2) is 0 Å². The van der Waals surface area contributed by atoms with Gasteiger partial charge >= 0.3 is 0 Å². The van der Waals surface area contributed by atoms with E-state index in [-0.39, 0.29) is 11.9 Å². The highest BCUT2D eigenvalue weighted by molar-refractivity contribution is 5.78. The molecule has 0 aliphatic rings. The van der Waals surface area contributed by atoms with Crippen molar-refractivity contribution in [2.24, 2.45) is 0 Å². The summed E-state index contributed by atoms with van der Waals surface area (Å²) >= 11 is 0. The van der Waals surface area contributed by atoms with Crippen LogP contribution in [0.4, 0.5) is 4.39 Å². The minimum atomic E-state index is -0.233. The quantitative estimate of drug-likeness (QED) is 0.782. The molecule has 0 saturated carbocycles. The standard InChI is InChI=1S/C17H15FN2/c1-19-17(13-6-4-7-14(18)11-13)16-10-9-12-5-2-3-8-15(12)20-16/h2-11,17,19H,1H3. The van der Waals surface area contributed by atoms with E-state index >= 15 is 0 Å². The van der Waals surface area contributed by atoms with Crippen molar-refractivity contribution in [1.82, 2.24) is 10.3 Å². The Morgan fingerprint density at radius 3 is 2.65 bits per heavy atom. The lowest BCUT2D eigenvalue weighted by atomic mass is 10.0. The van der Waals surface area contributed by atoms with Gasteiger partial charge in [-0.05, 0) is 36.9 Å². The second-order valence-electron chi connectivity index (χ2n) is 4.71. The molecule has 1 heterocycles. The zero-order chi connectivity index (χ0) is 13.9. The minimum absolute atomic E-state index is 0.115. The second kappa shape index (κ2) is 5.39. The fraction of sp³-hybridized carbons (Fsp3) is 0.118. The van der Waals surface area contributed by atoms with E-state index < -0.39 is 0 Å². The number of nitrogens with one attached hydrogen (secondary N) is 1. The van der Waals surface area contributed by atoms with E-state index in [4.69, 9.17) is 0 Å². The first-order valence-electron chi connectivity index (χ1n) is 6.56. The first kappa shape index (κ1) is 12.8. The number of hydrogen-bond donors (Lipinski definition) is 1. The van der Waals surface area contributed by atoms with E-state index in [0.717, 1.165) is 22.2 Å². The molecule has 0 fully saturated rings. The van der Waals surface area contributed by atoms with Gasteiger partial charge in [0.2, 0.25) is 0 Å². The van der Waals surface area contributed by atoms with Crippen LogP contribution in [0.1, 0.15) is 17.3 Å². The Morgan fingerprint density at radius 1 is 1.00 bits per heavy atom. The average molecular weight is 266 g/mol. The third kappa shape index (κ3) is 2.40. The van der Waals surface area contributed by atoms with Crippen LogP contribution >= 0.6 is 0 Å². The van der Waals surface area contributed by atoms with E-state index in [1.807, 2.05) is 49.5 Å². The summed E-state index contributed by atoms with van der Waals surface area (Å²) in [5.74, 6) is -0.233. The molecule has 2 aromatic carbocycles. The van der Waals surface area contributed by atoms with Crippen LogP contribution in [0.3, 0.4) is 0 Å². The summed E-state index contributed by atoms with van der Waals surface area (Å²) in [6, 6.07) is 18.5. The topological polar surface area (TPSA) is 24.9 Å². The fourth-order valence-corrected chi connectivity index (χ4v) is 2.41. The SMILES string of the molecule is CNC(c1cccc(F)c1)c1ccc2ccccc2n1. The molecule has 1 N–H and O–H groups in total. The number of aromatic nitrogens is 1. The summed E-state index contributed by atoms with van der Waals surface area (Å²) in [6.07, 6.45) is 0. The molecular weight excluding hydrogens is 251 g/mol. The Kier molecular flexibility index (Phi) is 3.44. The molecule has 0 amide bonds. The molecule has 2 nitrogen and oxygen atoms in total. The Morgan fingerprint density at radius 2 is 1.85 bits per heavy atom. The van der Waals surface area contributed by atoms with Gasteiger partial charge < -0.3 is 5.32 Å². The van der Waals surface area contributed by atoms with Crippen LogP contribution < -0.4 is 5.32 Å². The zero-order valence-electron chi connectivity index (χ0n) is 11.2. The molecule has 1 aromatic heterocycles. The van der Waals surface area contributed by atoms with Crippen molar-refractivity contribution in [2.45, 2.75) is 6.04 Å². The zero-order valence-corrected chi connectivity index (χ0v) is 11.2. The number of nitrogens with zero attached hydrogens (tertiary/aromatic N) is 1. The van der Waals surface area contributed by atoms with E-state index in [1.165, 1.54) is 12.1 Å². The highest BCUT2D eigenvalue weighted by Gasteiger charge is 2.14. The Hall–Kier alpha value is -2.26. The molecule has 100 valence electrons. The van der Waals surface area contributed by atoms with Crippen molar-refractivity contribution in [3.05, 3.63) is 77.7 Å². The van der Waals surface area contributed by atoms with Gasteiger partial charge in [0.25, 0.3) is 0 Å². The average Bonchev–Trinajstić information content (AvgIpc) is 2.48. The summed E-state index contributed by atoms with van der Waals surface area (Å²) in [5, 5.41) is 4.30. The van der Waals surface area contributed by atoms with Gasteiger partial charge in [0.1, 0.15) is 5.82 Å². The molecule has 0 spiro atoms. The van der Waals surface area contributed by atoms with Gasteiger partial charge in [-0.25, -0.2) is 4.39 Å². The van der Waals surface area contributed by atoms with Crippen molar-refractivity contribution in [3.8, 4) is 0 Å². The second-order valence-corrected chi connectivity index (χ2v) is 4.71. The van der Waals surface area contributed by atoms with E-state index in [1.54, 1.807) is 6.07 Å². The highest BCUT2D eigenvalue weighted by Crippen LogP contribution is 2.23. The lowest BCUT2D eigenvalue weighted by molar-refractivity contribution is 0.614. The highest BCUT2D eigenvalue weighted by atomic mass is 19.1. The number of rotatable bonds is 3. The Labute approximate surface area is 117 Å².